The van der Waals surface area contributed by atoms with Gasteiger partial charge < -0.3 is 14.9 Å². The summed E-state index contributed by atoms with van der Waals surface area (Å²) < 4.78 is 5.22. The highest BCUT2D eigenvalue weighted by Gasteiger charge is 2.41. The zero-order valence-electron chi connectivity index (χ0n) is 17.6. The molecule has 0 aliphatic heterocycles. The first-order valence-electron chi connectivity index (χ1n) is 9.70. The van der Waals surface area contributed by atoms with E-state index in [1.54, 1.807) is 6.92 Å². The van der Waals surface area contributed by atoms with E-state index in [-0.39, 0.29) is 33.6 Å². The van der Waals surface area contributed by atoms with Crippen molar-refractivity contribution in [2.45, 2.75) is 53.9 Å². The van der Waals surface area contributed by atoms with E-state index in [1.165, 1.54) is 7.11 Å². The van der Waals surface area contributed by atoms with Crippen molar-refractivity contribution < 1.29 is 19.7 Å². The first-order chi connectivity index (χ1) is 13.0. The van der Waals surface area contributed by atoms with E-state index >= 15 is 0 Å². The van der Waals surface area contributed by atoms with Gasteiger partial charge in [-0.05, 0) is 38.0 Å². The van der Waals surface area contributed by atoms with Crippen LogP contribution in [0.15, 0.2) is 23.8 Å². The quantitative estimate of drug-likeness (QED) is 0.610. The van der Waals surface area contributed by atoms with E-state index < -0.39 is 0 Å². The zero-order chi connectivity index (χ0) is 21.2. The fraction of sp³-hybridized carbons (Fsp3) is 0.522. The van der Waals surface area contributed by atoms with Crippen molar-refractivity contribution in [1.82, 2.24) is 0 Å². The Morgan fingerprint density at radius 2 is 1.96 bits per heavy atom. The van der Waals surface area contributed by atoms with Crippen molar-refractivity contribution in [3.63, 3.8) is 0 Å². The van der Waals surface area contributed by atoms with Crippen LogP contribution in [0.1, 0.15) is 51.7 Å². The predicted molar refractivity (Wildman–Crippen MR) is 113 cm³/mol. The summed E-state index contributed by atoms with van der Waals surface area (Å²) in [5, 5.41) is 20.9. The fourth-order valence-electron chi connectivity index (χ4n) is 3.89. The lowest BCUT2D eigenvalue weighted by Gasteiger charge is -2.42. The molecule has 5 heteroatoms. The summed E-state index contributed by atoms with van der Waals surface area (Å²) in [4.78, 5) is 12.2. The smallest absolute Gasteiger partial charge is 0.165 e. The van der Waals surface area contributed by atoms with E-state index in [0.29, 0.717) is 35.7 Å². The summed E-state index contributed by atoms with van der Waals surface area (Å²) in [6, 6.07) is 0. The van der Waals surface area contributed by atoms with Gasteiger partial charge >= 0.3 is 0 Å². The first kappa shape index (κ1) is 22.4. The molecule has 0 spiro atoms. The van der Waals surface area contributed by atoms with Crippen molar-refractivity contribution in [2.24, 2.45) is 17.3 Å². The number of carbonyl (C=O) groups excluding carboxylic acids is 1. The van der Waals surface area contributed by atoms with Crippen molar-refractivity contribution in [1.29, 1.82) is 0 Å². The molecule has 1 aliphatic rings. The van der Waals surface area contributed by atoms with E-state index in [0.717, 1.165) is 12.0 Å². The lowest BCUT2D eigenvalue weighted by molar-refractivity contribution is -0.129. The van der Waals surface area contributed by atoms with Gasteiger partial charge in [-0.15, -0.1) is 0 Å². The minimum Gasteiger partial charge on any atom is -0.506 e. The van der Waals surface area contributed by atoms with Gasteiger partial charge in [0.1, 0.15) is 11.5 Å². The molecule has 4 nitrogen and oxygen atoms in total. The molecule has 2 N–H and O–H groups in total. The number of methoxy groups -OCH3 is 1. The highest BCUT2D eigenvalue weighted by atomic mass is 35.5. The van der Waals surface area contributed by atoms with Gasteiger partial charge in [0.25, 0.3) is 0 Å². The maximum absolute atomic E-state index is 12.2. The molecule has 28 heavy (non-hydrogen) atoms. The molecule has 1 saturated carbocycles. The number of hydrogen-bond donors (Lipinski definition) is 2. The van der Waals surface area contributed by atoms with E-state index in [1.807, 2.05) is 26.0 Å². The molecule has 0 bridgehead atoms. The van der Waals surface area contributed by atoms with Gasteiger partial charge in [-0.3, -0.25) is 4.79 Å². The van der Waals surface area contributed by atoms with Gasteiger partial charge in [0.2, 0.25) is 0 Å². The molecule has 0 radical (unpaired) electrons. The number of halogens is 1. The lowest BCUT2D eigenvalue weighted by Crippen LogP contribution is -2.40. The van der Waals surface area contributed by atoms with Gasteiger partial charge in [0.05, 0.1) is 12.1 Å². The van der Waals surface area contributed by atoms with E-state index in [2.05, 4.69) is 19.9 Å². The van der Waals surface area contributed by atoms with Crippen LogP contribution in [0.4, 0.5) is 0 Å². The maximum atomic E-state index is 12.2. The summed E-state index contributed by atoms with van der Waals surface area (Å²) in [5.74, 6) is 0.795. The lowest BCUT2D eigenvalue weighted by atomic mass is 9.61. The summed E-state index contributed by atoms with van der Waals surface area (Å²) >= 11 is 6.17. The van der Waals surface area contributed by atoms with Crippen LogP contribution in [0.5, 0.6) is 17.2 Å². The molecule has 1 aromatic carbocycles. The Labute approximate surface area is 172 Å². The summed E-state index contributed by atoms with van der Waals surface area (Å²) in [5.41, 5.74) is 1.64. The summed E-state index contributed by atoms with van der Waals surface area (Å²) in [7, 11) is 1.46. The van der Waals surface area contributed by atoms with Crippen molar-refractivity contribution in [2.75, 3.05) is 7.11 Å². The molecule has 3 atom stereocenters. The second kappa shape index (κ2) is 8.60. The normalized spacial score (nSPS) is 26.1. The van der Waals surface area contributed by atoms with Crippen molar-refractivity contribution in [3.05, 3.63) is 40.0 Å². The van der Waals surface area contributed by atoms with Gasteiger partial charge in [-0.1, -0.05) is 56.2 Å². The average molecular weight is 407 g/mol. The molecule has 0 unspecified atom stereocenters. The highest BCUT2D eigenvalue weighted by Crippen LogP contribution is 2.46. The molecule has 1 fully saturated rings. The number of allylic oxidation sites excluding steroid dienone is 4. The highest BCUT2D eigenvalue weighted by molar-refractivity contribution is 6.33. The summed E-state index contributed by atoms with van der Waals surface area (Å²) in [6.07, 6.45) is 7.95. The van der Waals surface area contributed by atoms with Crippen LogP contribution >= 0.6 is 11.6 Å². The Balaban J connectivity index is 2.27. The van der Waals surface area contributed by atoms with Gasteiger partial charge in [0, 0.05) is 23.5 Å². The molecule has 1 aromatic rings. The maximum Gasteiger partial charge on any atom is 0.165 e. The minimum atomic E-state index is -0.175. The number of carbonyl (C=O) groups is 1. The monoisotopic (exact) mass is 406 g/mol. The standard InChI is InChI=1S/C23H31ClO4/c1-13(11-12-23(5)14(2)8-10-18(25)16(23)4)7-9-17-20(26)19(24)15(3)22(28-6)21(17)27/h7,11-12,14,16,26-27H,8-10H2,1-6H3/b12-11+,13-7+/t14-,16+,23+/m1/s1. The number of ketones is 1. The van der Waals surface area contributed by atoms with Crippen LogP contribution in [0.25, 0.3) is 0 Å². The topological polar surface area (TPSA) is 66.8 Å². The van der Waals surface area contributed by atoms with Crippen LogP contribution in [0.2, 0.25) is 5.02 Å². The SMILES string of the molecule is COc1c(C)c(Cl)c(O)c(C/C=C(C)/C=C/[C@@]2(C)[C@H](C)CCC(=O)[C@@H]2C)c1O. The molecule has 0 amide bonds. The van der Waals surface area contributed by atoms with Crippen LogP contribution in [0, 0.1) is 24.2 Å². The molecular weight excluding hydrogens is 376 g/mol. The number of rotatable bonds is 5. The molecule has 154 valence electrons. The number of benzene rings is 1. The molecule has 1 aliphatic carbocycles. The Morgan fingerprint density at radius 1 is 1.32 bits per heavy atom. The number of Topliss-reactive ketones (excluding diaryl/α,β-unsaturated/α-hetero) is 1. The Kier molecular flexibility index (Phi) is 6.87. The van der Waals surface area contributed by atoms with E-state index in [4.69, 9.17) is 16.3 Å². The molecule has 2 rings (SSSR count). The predicted octanol–water partition coefficient (Wildman–Crippen LogP) is 5.75. The van der Waals surface area contributed by atoms with Crippen LogP contribution in [-0.2, 0) is 11.2 Å². The molecule has 0 saturated heterocycles. The van der Waals surface area contributed by atoms with Crippen LogP contribution in [-0.4, -0.2) is 23.1 Å². The molecule has 0 aromatic heterocycles. The number of aromatic hydroxyl groups is 2. The Morgan fingerprint density at radius 3 is 2.57 bits per heavy atom. The third-order valence-electron chi connectivity index (χ3n) is 6.50. The third-order valence-corrected chi connectivity index (χ3v) is 6.97. The number of hydrogen-bond acceptors (Lipinski definition) is 4. The fourth-order valence-corrected chi connectivity index (χ4v) is 4.09. The minimum absolute atomic E-state index is 0.00597. The number of ether oxygens (including phenoxy) is 1. The second-order valence-electron chi connectivity index (χ2n) is 8.13. The zero-order valence-corrected chi connectivity index (χ0v) is 18.4. The summed E-state index contributed by atoms with van der Waals surface area (Å²) in [6.45, 7) is 10.00. The Hall–Kier alpha value is -1.94. The largest absolute Gasteiger partial charge is 0.506 e. The van der Waals surface area contributed by atoms with E-state index in [9.17, 15) is 15.0 Å². The van der Waals surface area contributed by atoms with Crippen LogP contribution < -0.4 is 4.74 Å². The molecular formula is C23H31ClO4. The van der Waals surface area contributed by atoms with Crippen molar-refractivity contribution >= 4 is 17.4 Å². The first-order valence-corrected chi connectivity index (χ1v) is 10.1. The number of phenolic OH excluding ortho intramolecular Hbond substituents is 2. The second-order valence-corrected chi connectivity index (χ2v) is 8.51. The number of phenols is 2. The molecule has 0 heterocycles. The Bertz CT molecular complexity index is 825. The van der Waals surface area contributed by atoms with Crippen molar-refractivity contribution in [3.8, 4) is 17.2 Å². The van der Waals surface area contributed by atoms with Gasteiger partial charge in [0.15, 0.2) is 11.5 Å². The van der Waals surface area contributed by atoms with Gasteiger partial charge in [-0.25, -0.2) is 0 Å². The average Bonchev–Trinajstić information content (AvgIpc) is 2.66. The van der Waals surface area contributed by atoms with Crippen LogP contribution in [0.3, 0.4) is 0 Å². The van der Waals surface area contributed by atoms with Gasteiger partial charge in [-0.2, -0.15) is 0 Å². The third kappa shape index (κ3) is 4.07.